The Morgan fingerprint density at radius 3 is 2.53 bits per heavy atom. The third-order valence-corrected chi connectivity index (χ3v) is 5.59. The molecule has 6 nitrogen and oxygen atoms in total. The Balaban J connectivity index is 1.60. The summed E-state index contributed by atoms with van der Waals surface area (Å²) in [4.78, 5) is 17.7. The third-order valence-electron chi connectivity index (χ3n) is 4.59. The molecule has 0 N–H and O–H groups in total. The van der Waals surface area contributed by atoms with Gasteiger partial charge in [0, 0.05) is 13.0 Å². The maximum absolute atomic E-state index is 12.0. The van der Waals surface area contributed by atoms with Gasteiger partial charge in [-0.05, 0) is 62.4 Å². The van der Waals surface area contributed by atoms with Crippen LogP contribution in [-0.4, -0.2) is 30.3 Å². The molecule has 2 aromatic heterocycles. The molecule has 2 heterocycles. The fourth-order valence-electron chi connectivity index (χ4n) is 2.99. The molecule has 0 radical (unpaired) electrons. The molecular weight excluding hydrogens is 402 g/mol. The van der Waals surface area contributed by atoms with Gasteiger partial charge >= 0.3 is 5.97 Å². The minimum absolute atomic E-state index is 0.323. The van der Waals surface area contributed by atoms with Gasteiger partial charge in [-0.3, -0.25) is 0 Å². The molecule has 0 saturated heterocycles. The molecule has 30 heavy (non-hydrogen) atoms. The number of benzene rings is 1. The summed E-state index contributed by atoms with van der Waals surface area (Å²) in [5.41, 5.74) is 2.90. The van der Waals surface area contributed by atoms with E-state index in [0.29, 0.717) is 32.1 Å². The number of rotatable bonds is 10. The highest BCUT2D eigenvalue weighted by Crippen LogP contribution is 2.30. The highest BCUT2D eigenvalue weighted by molar-refractivity contribution is 7.13. The van der Waals surface area contributed by atoms with Crippen LogP contribution in [0.1, 0.15) is 36.4 Å². The molecule has 0 aliphatic carbocycles. The number of nitrogens with zero attached hydrogens (tertiary/aromatic N) is 1. The molecule has 0 aliphatic heterocycles. The molecule has 0 spiro atoms. The fourth-order valence-corrected chi connectivity index (χ4v) is 3.84. The second-order valence-electron chi connectivity index (χ2n) is 6.79. The average molecular weight is 430 g/mol. The van der Waals surface area contributed by atoms with Crippen molar-refractivity contribution >= 4 is 17.3 Å². The summed E-state index contributed by atoms with van der Waals surface area (Å²) < 4.78 is 22.3. The Labute approximate surface area is 180 Å². The largest absolute Gasteiger partial charge is 0.487 e. The van der Waals surface area contributed by atoms with Gasteiger partial charge < -0.3 is 18.6 Å². The van der Waals surface area contributed by atoms with Gasteiger partial charge in [0.15, 0.2) is 6.10 Å². The lowest BCUT2D eigenvalue weighted by Crippen LogP contribution is -2.28. The van der Waals surface area contributed by atoms with Crippen molar-refractivity contribution in [2.45, 2.75) is 46.8 Å². The number of aromatic nitrogens is 1. The lowest BCUT2D eigenvalue weighted by molar-refractivity contribution is -0.156. The Morgan fingerprint density at radius 2 is 1.90 bits per heavy atom. The maximum Gasteiger partial charge on any atom is 0.335 e. The van der Waals surface area contributed by atoms with Crippen molar-refractivity contribution in [1.29, 1.82) is 0 Å². The summed E-state index contributed by atoms with van der Waals surface area (Å²) in [6.45, 7) is 8.70. The van der Waals surface area contributed by atoms with E-state index in [0.717, 1.165) is 33.2 Å². The van der Waals surface area contributed by atoms with Crippen LogP contribution in [0, 0.1) is 13.8 Å². The number of ether oxygens (including phenoxy) is 3. The summed E-state index contributed by atoms with van der Waals surface area (Å²) in [6.07, 6.45) is -0.141. The van der Waals surface area contributed by atoms with Crippen LogP contribution in [-0.2, 0) is 27.3 Å². The zero-order valence-electron chi connectivity index (χ0n) is 17.8. The minimum Gasteiger partial charge on any atom is -0.487 e. The number of esters is 1. The summed E-state index contributed by atoms with van der Waals surface area (Å²) in [5, 5.41) is 2.03. The first-order valence-corrected chi connectivity index (χ1v) is 10.9. The van der Waals surface area contributed by atoms with Crippen LogP contribution in [0.2, 0.25) is 0 Å². The predicted octanol–water partition coefficient (Wildman–Crippen LogP) is 5.11. The quantitative estimate of drug-likeness (QED) is 0.417. The maximum atomic E-state index is 12.0. The van der Waals surface area contributed by atoms with Gasteiger partial charge in [0.1, 0.15) is 23.8 Å². The summed E-state index contributed by atoms with van der Waals surface area (Å²) in [7, 11) is 0. The molecule has 0 saturated carbocycles. The van der Waals surface area contributed by atoms with Crippen molar-refractivity contribution in [3.05, 3.63) is 58.3 Å². The first-order valence-electron chi connectivity index (χ1n) is 10.0. The van der Waals surface area contributed by atoms with Crippen LogP contribution in [0.3, 0.4) is 0 Å². The van der Waals surface area contributed by atoms with E-state index in [1.54, 1.807) is 18.3 Å². The minimum atomic E-state index is -0.598. The zero-order valence-corrected chi connectivity index (χ0v) is 18.6. The van der Waals surface area contributed by atoms with Crippen LogP contribution in [0.15, 0.2) is 40.1 Å². The molecule has 1 aromatic carbocycles. The summed E-state index contributed by atoms with van der Waals surface area (Å²) in [5.74, 6) is 1.77. The topological polar surface area (TPSA) is 70.8 Å². The van der Waals surface area contributed by atoms with Crippen molar-refractivity contribution in [3.8, 4) is 16.5 Å². The molecule has 7 heteroatoms. The molecular formula is C23H27NO5S. The van der Waals surface area contributed by atoms with Crippen LogP contribution in [0.4, 0.5) is 0 Å². The number of oxazole rings is 1. The summed E-state index contributed by atoms with van der Waals surface area (Å²) >= 11 is 1.61. The van der Waals surface area contributed by atoms with Crippen LogP contribution in [0.5, 0.6) is 5.75 Å². The van der Waals surface area contributed by atoms with Gasteiger partial charge in [0.05, 0.1) is 11.5 Å². The lowest BCUT2D eigenvalue weighted by atomic mass is 10.1. The van der Waals surface area contributed by atoms with Gasteiger partial charge in [-0.2, -0.15) is 0 Å². The van der Waals surface area contributed by atoms with Gasteiger partial charge in [0.25, 0.3) is 0 Å². The first kappa shape index (κ1) is 22.1. The molecule has 0 bridgehead atoms. The van der Waals surface area contributed by atoms with Crippen molar-refractivity contribution in [2.24, 2.45) is 0 Å². The summed E-state index contributed by atoms with van der Waals surface area (Å²) in [6, 6.07) is 9.66. The number of thiophene rings is 1. The van der Waals surface area contributed by atoms with E-state index >= 15 is 0 Å². The van der Waals surface area contributed by atoms with Crippen LogP contribution in [0.25, 0.3) is 10.8 Å². The first-order chi connectivity index (χ1) is 14.5. The van der Waals surface area contributed by atoms with E-state index < -0.39 is 6.10 Å². The fraction of sp³-hybridized carbons (Fsp3) is 0.391. The molecule has 1 atom stereocenters. The number of carbonyl (C=O) groups is 1. The molecule has 3 aromatic rings. The van der Waals surface area contributed by atoms with E-state index in [1.165, 1.54) is 0 Å². The van der Waals surface area contributed by atoms with E-state index in [-0.39, 0.29) is 5.97 Å². The average Bonchev–Trinajstić information content (AvgIpc) is 3.32. The highest BCUT2D eigenvalue weighted by Gasteiger charge is 2.20. The van der Waals surface area contributed by atoms with E-state index in [4.69, 9.17) is 18.6 Å². The van der Waals surface area contributed by atoms with E-state index in [1.807, 2.05) is 50.4 Å². The molecule has 0 amide bonds. The SMILES string of the molecule is CCOC(=O)[C@@H](Cc1ccc(OCc2nc(-c3sccc3C)oc2C)cc1)OCC. The second-order valence-corrected chi connectivity index (χ2v) is 7.70. The van der Waals surface area contributed by atoms with Crippen LogP contribution >= 0.6 is 11.3 Å². The molecule has 160 valence electrons. The molecule has 0 unspecified atom stereocenters. The number of hydrogen-bond acceptors (Lipinski definition) is 7. The smallest absolute Gasteiger partial charge is 0.335 e. The Morgan fingerprint density at radius 1 is 1.13 bits per heavy atom. The van der Waals surface area contributed by atoms with E-state index in [2.05, 4.69) is 11.1 Å². The number of hydrogen-bond donors (Lipinski definition) is 0. The van der Waals surface area contributed by atoms with Crippen LogP contribution < -0.4 is 4.74 Å². The van der Waals surface area contributed by atoms with Crippen molar-refractivity contribution in [2.75, 3.05) is 13.2 Å². The molecule has 3 rings (SSSR count). The standard InChI is InChI=1S/C23H27NO5S/c1-5-26-20(23(25)27-6-2)13-17-7-9-18(10-8-17)28-14-19-16(4)29-22(24-19)21-15(3)11-12-30-21/h7-12,20H,5-6,13-14H2,1-4H3/t20-/m1/s1. The van der Waals surface area contributed by atoms with Crippen molar-refractivity contribution in [3.63, 3.8) is 0 Å². The molecule has 0 aliphatic rings. The van der Waals surface area contributed by atoms with Gasteiger partial charge in [-0.15, -0.1) is 11.3 Å². The monoisotopic (exact) mass is 429 g/mol. The molecule has 0 fully saturated rings. The zero-order chi connectivity index (χ0) is 21.5. The number of carbonyl (C=O) groups excluding carboxylic acids is 1. The van der Waals surface area contributed by atoms with Crippen molar-refractivity contribution in [1.82, 2.24) is 4.98 Å². The van der Waals surface area contributed by atoms with Crippen molar-refractivity contribution < 1.29 is 23.4 Å². The second kappa shape index (κ2) is 10.4. The highest BCUT2D eigenvalue weighted by atomic mass is 32.1. The Bertz CT molecular complexity index is 960. The van der Waals surface area contributed by atoms with E-state index in [9.17, 15) is 4.79 Å². The van der Waals surface area contributed by atoms with Gasteiger partial charge in [0.2, 0.25) is 5.89 Å². The van der Waals surface area contributed by atoms with Gasteiger partial charge in [-0.1, -0.05) is 12.1 Å². The Hall–Kier alpha value is -2.64. The Kier molecular flexibility index (Phi) is 7.65. The van der Waals surface area contributed by atoms with Gasteiger partial charge in [-0.25, -0.2) is 9.78 Å². The predicted molar refractivity (Wildman–Crippen MR) is 116 cm³/mol. The third kappa shape index (κ3) is 5.49. The normalized spacial score (nSPS) is 12.0. The number of aryl methyl sites for hydroxylation is 2. The lowest BCUT2D eigenvalue weighted by Gasteiger charge is -2.15.